The molecule has 0 heterocycles. The zero-order chi connectivity index (χ0) is 12.8. The van der Waals surface area contributed by atoms with E-state index in [9.17, 15) is 5.11 Å². The van der Waals surface area contributed by atoms with Gasteiger partial charge in [-0.25, -0.2) is 0 Å². The normalized spacial score (nSPS) is 24.1. The molecular formula is C15H23NOS. The summed E-state index contributed by atoms with van der Waals surface area (Å²) in [5.74, 6) is 0. The molecule has 1 fully saturated rings. The summed E-state index contributed by atoms with van der Waals surface area (Å²) in [6.07, 6.45) is 7.29. The maximum absolute atomic E-state index is 9.45. The van der Waals surface area contributed by atoms with E-state index in [0.717, 1.165) is 38.6 Å². The Balaban J connectivity index is 1.68. The van der Waals surface area contributed by atoms with Crippen molar-refractivity contribution in [2.24, 2.45) is 0 Å². The summed E-state index contributed by atoms with van der Waals surface area (Å²) in [6, 6.07) is 9.43. The van der Waals surface area contributed by atoms with Crippen LogP contribution in [-0.4, -0.2) is 30.1 Å². The van der Waals surface area contributed by atoms with Gasteiger partial charge < -0.3 is 10.4 Å². The van der Waals surface area contributed by atoms with Crippen molar-refractivity contribution >= 4 is 11.8 Å². The molecule has 100 valence electrons. The highest BCUT2D eigenvalue weighted by atomic mass is 32.2. The number of nitrogens with one attached hydrogen (secondary N) is 1. The van der Waals surface area contributed by atoms with Gasteiger partial charge in [0.15, 0.2) is 0 Å². The molecule has 1 aliphatic carbocycles. The summed E-state index contributed by atoms with van der Waals surface area (Å²) < 4.78 is 0. The summed E-state index contributed by atoms with van der Waals surface area (Å²) in [5.41, 5.74) is 1.40. The van der Waals surface area contributed by atoms with Gasteiger partial charge in [0, 0.05) is 10.9 Å². The lowest BCUT2D eigenvalue weighted by Crippen LogP contribution is -2.35. The third kappa shape index (κ3) is 4.30. The number of hydrogen-bond acceptors (Lipinski definition) is 3. The Morgan fingerprint density at radius 3 is 2.44 bits per heavy atom. The Morgan fingerprint density at radius 2 is 1.83 bits per heavy atom. The zero-order valence-electron chi connectivity index (χ0n) is 11.1. The third-order valence-corrected chi connectivity index (χ3v) is 4.45. The van der Waals surface area contributed by atoms with Gasteiger partial charge in [-0.1, -0.05) is 12.1 Å². The number of aliphatic hydroxyl groups is 1. The van der Waals surface area contributed by atoms with Gasteiger partial charge in [0.05, 0.1) is 6.10 Å². The van der Waals surface area contributed by atoms with Crippen LogP contribution in [0.3, 0.4) is 0 Å². The minimum atomic E-state index is -0.0536. The van der Waals surface area contributed by atoms with E-state index in [4.69, 9.17) is 0 Å². The monoisotopic (exact) mass is 265 g/mol. The fourth-order valence-electron chi connectivity index (χ4n) is 2.49. The summed E-state index contributed by atoms with van der Waals surface area (Å²) in [4.78, 5) is 1.33. The molecule has 1 aromatic rings. The number of benzene rings is 1. The molecular weight excluding hydrogens is 242 g/mol. The van der Waals surface area contributed by atoms with E-state index >= 15 is 0 Å². The van der Waals surface area contributed by atoms with E-state index in [1.807, 2.05) is 0 Å². The topological polar surface area (TPSA) is 32.3 Å². The molecule has 2 rings (SSSR count). The standard InChI is InChI=1S/C15H23NOS/c1-18-15-8-2-12(3-9-15)10-11-16-13-4-6-14(17)7-5-13/h2-3,8-9,13-14,16-17H,4-7,10-11H2,1H3. The Hall–Kier alpha value is -0.510. The second-order valence-electron chi connectivity index (χ2n) is 5.06. The van der Waals surface area contributed by atoms with Gasteiger partial charge in [0.1, 0.15) is 0 Å². The van der Waals surface area contributed by atoms with Gasteiger partial charge in [-0.15, -0.1) is 11.8 Å². The first-order chi connectivity index (χ1) is 8.78. The average Bonchev–Trinajstić information content (AvgIpc) is 2.42. The molecule has 3 heteroatoms. The van der Waals surface area contributed by atoms with Gasteiger partial charge in [-0.05, 0) is 62.6 Å². The minimum Gasteiger partial charge on any atom is -0.393 e. The predicted molar refractivity (Wildman–Crippen MR) is 78.2 cm³/mol. The van der Waals surface area contributed by atoms with Crippen molar-refractivity contribution in [3.05, 3.63) is 29.8 Å². The quantitative estimate of drug-likeness (QED) is 0.803. The fraction of sp³-hybridized carbons (Fsp3) is 0.600. The smallest absolute Gasteiger partial charge is 0.0541 e. The van der Waals surface area contributed by atoms with Crippen molar-refractivity contribution in [2.75, 3.05) is 12.8 Å². The van der Waals surface area contributed by atoms with Crippen LogP contribution >= 0.6 is 11.8 Å². The Bertz CT molecular complexity index is 344. The Kier molecular flexibility index (Phi) is 5.54. The van der Waals surface area contributed by atoms with Crippen molar-refractivity contribution in [2.45, 2.75) is 49.1 Å². The third-order valence-electron chi connectivity index (χ3n) is 3.70. The maximum Gasteiger partial charge on any atom is 0.0541 e. The largest absolute Gasteiger partial charge is 0.393 e. The molecule has 0 saturated heterocycles. The van der Waals surface area contributed by atoms with Crippen molar-refractivity contribution in [3.8, 4) is 0 Å². The van der Waals surface area contributed by atoms with Gasteiger partial charge >= 0.3 is 0 Å². The molecule has 0 aromatic heterocycles. The highest BCUT2D eigenvalue weighted by Gasteiger charge is 2.18. The van der Waals surface area contributed by atoms with Crippen LogP contribution in [0.2, 0.25) is 0 Å². The predicted octanol–water partition coefficient (Wildman–Crippen LogP) is 2.84. The van der Waals surface area contributed by atoms with Crippen molar-refractivity contribution in [1.29, 1.82) is 0 Å². The van der Waals surface area contributed by atoms with Crippen LogP contribution in [0.1, 0.15) is 31.2 Å². The van der Waals surface area contributed by atoms with Crippen molar-refractivity contribution in [1.82, 2.24) is 5.32 Å². The molecule has 18 heavy (non-hydrogen) atoms. The molecule has 0 radical (unpaired) electrons. The summed E-state index contributed by atoms with van der Waals surface area (Å²) >= 11 is 1.78. The Morgan fingerprint density at radius 1 is 1.17 bits per heavy atom. The molecule has 2 nitrogen and oxygen atoms in total. The maximum atomic E-state index is 9.45. The fourth-order valence-corrected chi connectivity index (χ4v) is 2.90. The van der Waals surface area contributed by atoms with E-state index in [0.29, 0.717) is 6.04 Å². The molecule has 0 spiro atoms. The van der Waals surface area contributed by atoms with Gasteiger partial charge in [-0.3, -0.25) is 0 Å². The molecule has 0 unspecified atom stereocenters. The number of hydrogen-bond donors (Lipinski definition) is 2. The van der Waals surface area contributed by atoms with Crippen LogP contribution in [0.25, 0.3) is 0 Å². The number of rotatable bonds is 5. The molecule has 0 bridgehead atoms. The van der Waals surface area contributed by atoms with Gasteiger partial charge in [0.25, 0.3) is 0 Å². The highest BCUT2D eigenvalue weighted by molar-refractivity contribution is 7.98. The lowest BCUT2D eigenvalue weighted by atomic mass is 9.93. The summed E-state index contributed by atoms with van der Waals surface area (Å²) in [6.45, 7) is 1.04. The lowest BCUT2D eigenvalue weighted by molar-refractivity contribution is 0.117. The molecule has 0 atom stereocenters. The second kappa shape index (κ2) is 7.17. The first-order valence-corrected chi connectivity index (χ1v) is 8.05. The summed E-state index contributed by atoms with van der Waals surface area (Å²) in [7, 11) is 0. The van der Waals surface area contributed by atoms with Gasteiger partial charge in [0.2, 0.25) is 0 Å². The summed E-state index contributed by atoms with van der Waals surface area (Å²) in [5, 5.41) is 13.1. The van der Waals surface area contributed by atoms with Crippen LogP contribution in [-0.2, 0) is 6.42 Å². The molecule has 1 saturated carbocycles. The second-order valence-corrected chi connectivity index (χ2v) is 5.94. The van der Waals surface area contributed by atoms with Crippen molar-refractivity contribution < 1.29 is 5.11 Å². The molecule has 2 N–H and O–H groups in total. The average molecular weight is 265 g/mol. The van der Waals surface area contributed by atoms with Crippen LogP contribution in [0.4, 0.5) is 0 Å². The van der Waals surface area contributed by atoms with Crippen LogP contribution < -0.4 is 5.32 Å². The van der Waals surface area contributed by atoms with E-state index in [1.54, 1.807) is 11.8 Å². The number of thioether (sulfide) groups is 1. The van der Waals surface area contributed by atoms with Crippen molar-refractivity contribution in [3.63, 3.8) is 0 Å². The first kappa shape index (κ1) is 13.9. The van der Waals surface area contributed by atoms with Crippen LogP contribution in [0.5, 0.6) is 0 Å². The van der Waals surface area contributed by atoms with E-state index in [1.165, 1.54) is 10.5 Å². The van der Waals surface area contributed by atoms with Crippen LogP contribution in [0, 0.1) is 0 Å². The van der Waals surface area contributed by atoms with Crippen LogP contribution in [0.15, 0.2) is 29.2 Å². The molecule has 0 aliphatic heterocycles. The zero-order valence-corrected chi connectivity index (χ0v) is 11.9. The van der Waals surface area contributed by atoms with E-state index in [-0.39, 0.29) is 6.10 Å². The highest BCUT2D eigenvalue weighted by Crippen LogP contribution is 2.18. The Labute approximate surface area is 114 Å². The molecule has 1 aliphatic rings. The number of aliphatic hydroxyl groups excluding tert-OH is 1. The van der Waals surface area contributed by atoms with E-state index in [2.05, 4.69) is 35.8 Å². The first-order valence-electron chi connectivity index (χ1n) is 6.82. The molecule has 0 amide bonds. The molecule has 1 aromatic carbocycles. The SMILES string of the molecule is CSc1ccc(CCNC2CCC(O)CC2)cc1. The minimum absolute atomic E-state index is 0.0536. The lowest BCUT2D eigenvalue weighted by Gasteiger charge is -2.26. The van der Waals surface area contributed by atoms with Gasteiger partial charge in [-0.2, -0.15) is 0 Å². The van der Waals surface area contributed by atoms with E-state index < -0.39 is 0 Å².